The average Bonchev–Trinajstić information content (AvgIpc) is 2.85. The Morgan fingerprint density at radius 1 is 1.47 bits per heavy atom. The molecule has 0 fully saturated rings. The number of nitrogens with zero attached hydrogens (tertiary/aromatic N) is 2. The van der Waals surface area contributed by atoms with Crippen molar-refractivity contribution in [3.8, 4) is 0 Å². The lowest BCUT2D eigenvalue weighted by Crippen LogP contribution is -2.11. The first-order chi connectivity index (χ1) is 9.10. The van der Waals surface area contributed by atoms with E-state index in [-0.39, 0.29) is 5.84 Å². The monoisotopic (exact) mass is 292 g/mol. The summed E-state index contributed by atoms with van der Waals surface area (Å²) < 4.78 is 5.28. The third kappa shape index (κ3) is 3.54. The van der Waals surface area contributed by atoms with E-state index in [0.717, 1.165) is 33.5 Å². The zero-order valence-corrected chi connectivity index (χ0v) is 12.6. The van der Waals surface area contributed by atoms with Crippen molar-refractivity contribution < 1.29 is 0 Å². The Morgan fingerprint density at radius 2 is 2.26 bits per heavy atom. The minimum Gasteiger partial charge on any atom is -0.384 e. The number of hydrogen-bond donors (Lipinski definition) is 2. The van der Waals surface area contributed by atoms with Crippen LogP contribution >= 0.6 is 23.3 Å². The normalized spacial score (nSPS) is 10.6. The van der Waals surface area contributed by atoms with E-state index < -0.39 is 0 Å². The number of benzene rings is 1. The summed E-state index contributed by atoms with van der Waals surface area (Å²) in [6.07, 6.45) is 0.878. The quantitative estimate of drug-likeness (QED) is 0.504. The molecule has 1 aromatic heterocycles. The Hall–Kier alpha value is -1.40. The molecule has 4 nitrogen and oxygen atoms in total. The SMILES string of the molecule is CCc1nsc(SCc2ccc(C(=N)N)cc2C)n1. The summed E-state index contributed by atoms with van der Waals surface area (Å²) in [7, 11) is 0. The van der Waals surface area contributed by atoms with Gasteiger partial charge in [-0.15, -0.1) is 0 Å². The first-order valence-electron chi connectivity index (χ1n) is 5.99. The highest BCUT2D eigenvalue weighted by Crippen LogP contribution is 2.26. The number of hydrogen-bond acceptors (Lipinski definition) is 5. The van der Waals surface area contributed by atoms with Gasteiger partial charge in [0.15, 0.2) is 4.34 Å². The number of rotatable bonds is 5. The number of aromatic nitrogens is 2. The van der Waals surface area contributed by atoms with Crippen molar-refractivity contribution in [1.82, 2.24) is 9.36 Å². The first kappa shape index (κ1) is 14.0. The summed E-state index contributed by atoms with van der Waals surface area (Å²) in [6.45, 7) is 4.10. The summed E-state index contributed by atoms with van der Waals surface area (Å²) >= 11 is 3.15. The molecule has 0 bridgehead atoms. The molecule has 0 atom stereocenters. The smallest absolute Gasteiger partial charge is 0.170 e. The standard InChI is InChI=1S/C13H16N4S2/c1-3-11-16-13(19-17-11)18-7-10-5-4-9(12(14)15)6-8(10)2/h4-6H,3,7H2,1-2H3,(H3,14,15). The van der Waals surface area contributed by atoms with E-state index in [0.29, 0.717) is 0 Å². The molecule has 1 heterocycles. The van der Waals surface area contributed by atoms with Crippen LogP contribution in [-0.4, -0.2) is 15.2 Å². The van der Waals surface area contributed by atoms with Gasteiger partial charge in [-0.2, -0.15) is 4.37 Å². The third-order valence-corrected chi connectivity index (χ3v) is 4.69. The van der Waals surface area contributed by atoms with Crippen LogP contribution in [0.2, 0.25) is 0 Å². The van der Waals surface area contributed by atoms with Gasteiger partial charge in [-0.05, 0) is 35.6 Å². The molecule has 0 saturated heterocycles. The number of amidine groups is 1. The molecule has 0 aliphatic heterocycles. The molecule has 3 N–H and O–H groups in total. The average molecular weight is 292 g/mol. The molecule has 2 aromatic rings. The minimum absolute atomic E-state index is 0.110. The van der Waals surface area contributed by atoms with Crippen molar-refractivity contribution >= 4 is 29.1 Å². The highest BCUT2D eigenvalue weighted by molar-refractivity contribution is 8.00. The maximum absolute atomic E-state index is 7.42. The second-order valence-electron chi connectivity index (χ2n) is 4.17. The highest BCUT2D eigenvalue weighted by Gasteiger charge is 2.06. The number of thioether (sulfide) groups is 1. The number of nitrogen functional groups attached to an aromatic ring is 1. The third-order valence-electron chi connectivity index (χ3n) is 2.77. The molecule has 0 spiro atoms. The molecular weight excluding hydrogens is 276 g/mol. The van der Waals surface area contributed by atoms with E-state index in [1.807, 2.05) is 25.1 Å². The summed E-state index contributed by atoms with van der Waals surface area (Å²) in [5.41, 5.74) is 8.64. The van der Waals surface area contributed by atoms with Gasteiger partial charge in [0.25, 0.3) is 0 Å². The summed E-state index contributed by atoms with van der Waals surface area (Å²) in [6, 6.07) is 5.87. The van der Waals surface area contributed by atoms with Crippen molar-refractivity contribution in [2.24, 2.45) is 5.73 Å². The van der Waals surface area contributed by atoms with E-state index in [2.05, 4.69) is 16.3 Å². The van der Waals surface area contributed by atoms with Gasteiger partial charge in [0, 0.05) is 17.7 Å². The lowest BCUT2D eigenvalue weighted by molar-refractivity contribution is 0.971. The van der Waals surface area contributed by atoms with Crippen LogP contribution in [0.1, 0.15) is 29.4 Å². The summed E-state index contributed by atoms with van der Waals surface area (Å²) in [5.74, 6) is 1.89. The van der Waals surface area contributed by atoms with Crippen LogP contribution in [0.3, 0.4) is 0 Å². The largest absolute Gasteiger partial charge is 0.384 e. The van der Waals surface area contributed by atoms with Gasteiger partial charge < -0.3 is 5.73 Å². The van der Waals surface area contributed by atoms with Crippen molar-refractivity contribution in [3.05, 3.63) is 40.7 Å². The van der Waals surface area contributed by atoms with Gasteiger partial charge in [-0.25, -0.2) is 4.98 Å². The van der Waals surface area contributed by atoms with Gasteiger partial charge in [0.05, 0.1) is 0 Å². The molecule has 100 valence electrons. The topological polar surface area (TPSA) is 75.7 Å². The van der Waals surface area contributed by atoms with Gasteiger partial charge in [0.1, 0.15) is 11.7 Å². The first-order valence-corrected chi connectivity index (χ1v) is 7.75. The van der Waals surface area contributed by atoms with Crippen molar-refractivity contribution in [2.45, 2.75) is 30.4 Å². The van der Waals surface area contributed by atoms with E-state index in [4.69, 9.17) is 11.1 Å². The summed E-state index contributed by atoms with van der Waals surface area (Å²) in [4.78, 5) is 4.44. The van der Waals surface area contributed by atoms with Gasteiger partial charge >= 0.3 is 0 Å². The zero-order valence-electron chi connectivity index (χ0n) is 10.9. The maximum atomic E-state index is 7.42. The van der Waals surface area contributed by atoms with E-state index in [9.17, 15) is 0 Å². The van der Waals surface area contributed by atoms with Gasteiger partial charge in [0.2, 0.25) is 0 Å². The highest BCUT2D eigenvalue weighted by atomic mass is 32.2. The van der Waals surface area contributed by atoms with Crippen molar-refractivity contribution in [3.63, 3.8) is 0 Å². The van der Waals surface area contributed by atoms with Crippen LogP contribution in [0.5, 0.6) is 0 Å². The van der Waals surface area contributed by atoms with E-state index in [1.54, 1.807) is 11.8 Å². The predicted octanol–water partition coefficient (Wildman–Crippen LogP) is 2.99. The minimum atomic E-state index is 0.110. The molecule has 0 aliphatic rings. The van der Waals surface area contributed by atoms with Crippen LogP contribution in [0, 0.1) is 12.3 Å². The lowest BCUT2D eigenvalue weighted by atomic mass is 10.1. The Kier molecular flexibility index (Phi) is 4.55. The van der Waals surface area contributed by atoms with Gasteiger partial charge in [-0.3, -0.25) is 5.41 Å². The van der Waals surface area contributed by atoms with Crippen molar-refractivity contribution in [1.29, 1.82) is 5.41 Å². The Morgan fingerprint density at radius 3 is 2.84 bits per heavy atom. The van der Waals surface area contributed by atoms with Crippen LogP contribution in [-0.2, 0) is 12.2 Å². The molecule has 0 unspecified atom stereocenters. The second-order valence-corrected chi connectivity index (χ2v) is 6.15. The predicted molar refractivity (Wildman–Crippen MR) is 81.0 cm³/mol. The molecule has 0 amide bonds. The van der Waals surface area contributed by atoms with Crippen LogP contribution in [0.15, 0.2) is 22.5 Å². The number of nitrogens with one attached hydrogen (secondary N) is 1. The molecule has 0 saturated carbocycles. The zero-order chi connectivity index (χ0) is 13.8. The maximum Gasteiger partial charge on any atom is 0.170 e. The van der Waals surface area contributed by atoms with E-state index in [1.165, 1.54) is 17.1 Å². The fraction of sp³-hybridized carbons (Fsp3) is 0.308. The molecule has 0 radical (unpaired) electrons. The number of aryl methyl sites for hydroxylation is 2. The molecular formula is C13H16N4S2. The van der Waals surface area contributed by atoms with Crippen molar-refractivity contribution in [2.75, 3.05) is 0 Å². The van der Waals surface area contributed by atoms with Crippen LogP contribution < -0.4 is 5.73 Å². The van der Waals surface area contributed by atoms with Crippen LogP contribution in [0.4, 0.5) is 0 Å². The van der Waals surface area contributed by atoms with Gasteiger partial charge in [-0.1, -0.05) is 30.8 Å². The fourth-order valence-corrected chi connectivity index (χ4v) is 3.38. The van der Waals surface area contributed by atoms with Crippen LogP contribution in [0.25, 0.3) is 0 Å². The summed E-state index contributed by atoms with van der Waals surface area (Å²) in [5, 5.41) is 7.42. The number of nitrogens with two attached hydrogens (primary N) is 1. The Balaban J connectivity index is 2.05. The molecule has 0 aliphatic carbocycles. The molecule has 6 heteroatoms. The molecule has 1 aromatic carbocycles. The molecule has 2 rings (SSSR count). The fourth-order valence-electron chi connectivity index (χ4n) is 1.61. The second kappa shape index (κ2) is 6.16. The Labute approximate surface area is 121 Å². The lowest BCUT2D eigenvalue weighted by Gasteiger charge is -2.06. The molecule has 19 heavy (non-hydrogen) atoms. The van der Waals surface area contributed by atoms with E-state index >= 15 is 0 Å². The Bertz CT molecular complexity index is 592.